The topological polar surface area (TPSA) is 107 Å². The minimum absolute atomic E-state index is 0.0966. The van der Waals surface area contributed by atoms with E-state index in [1.165, 1.54) is 5.56 Å². The minimum Gasteiger partial charge on any atom is -0.375 e. The molecule has 1 N–H and O–H groups in total. The first-order chi connectivity index (χ1) is 18.9. The van der Waals surface area contributed by atoms with E-state index < -0.39 is 0 Å². The van der Waals surface area contributed by atoms with Crippen molar-refractivity contribution in [2.75, 3.05) is 16.8 Å². The maximum absolute atomic E-state index is 12.7. The molecule has 1 unspecified atom stereocenters. The van der Waals surface area contributed by atoms with Crippen LogP contribution in [0.25, 0.3) is 10.9 Å². The number of nitrogens with zero attached hydrogens (tertiary/aromatic N) is 8. The molecule has 0 spiro atoms. The van der Waals surface area contributed by atoms with E-state index >= 15 is 0 Å². The zero-order valence-corrected chi connectivity index (χ0v) is 22.7. The van der Waals surface area contributed by atoms with Gasteiger partial charge in [0.15, 0.2) is 0 Å². The monoisotopic (exact) mass is 541 g/mol. The molecule has 0 aliphatic carbocycles. The number of fused-ring (bicyclic) bond motifs is 2. The summed E-state index contributed by atoms with van der Waals surface area (Å²) in [5, 5.41) is 9.41. The summed E-state index contributed by atoms with van der Waals surface area (Å²) in [6.45, 7) is 3.49. The Bertz CT molecular complexity index is 1730. The lowest BCUT2D eigenvalue weighted by Crippen LogP contribution is -2.31. The Hall–Kier alpha value is -4.31. The van der Waals surface area contributed by atoms with Crippen LogP contribution in [0.4, 0.5) is 11.6 Å². The highest BCUT2D eigenvalue weighted by Crippen LogP contribution is 2.28. The van der Waals surface area contributed by atoms with Gasteiger partial charge in [0.1, 0.15) is 5.82 Å². The van der Waals surface area contributed by atoms with Crippen LogP contribution in [-0.4, -0.2) is 40.8 Å². The van der Waals surface area contributed by atoms with Crippen molar-refractivity contribution in [3.8, 4) is 0 Å². The Kier molecular flexibility index (Phi) is 6.48. The van der Waals surface area contributed by atoms with Gasteiger partial charge < -0.3 is 14.8 Å². The maximum Gasteiger partial charge on any atom is 0.252 e. The molecule has 1 aromatic carbocycles. The highest BCUT2D eigenvalue weighted by atomic mass is 35.5. The second kappa shape index (κ2) is 10.1. The molecule has 5 aromatic rings. The predicted octanol–water partition coefficient (Wildman–Crippen LogP) is 3.83. The number of anilines is 2. The van der Waals surface area contributed by atoms with Crippen molar-refractivity contribution >= 4 is 34.1 Å². The highest BCUT2D eigenvalue weighted by Gasteiger charge is 2.22. The SMILES string of the molecule is CC(Nc1cc(=O)n(C)c2ccc(Cc3nc(N4CCc5nn(C)cc5C4)ncc3Cl)cc12)c1ncccn1. The van der Waals surface area contributed by atoms with Crippen LogP contribution in [0.3, 0.4) is 0 Å². The Morgan fingerprint density at radius 1 is 1.13 bits per heavy atom. The Labute approximate surface area is 230 Å². The Balaban J connectivity index is 1.31. The third-order valence-electron chi connectivity index (χ3n) is 7.09. The Morgan fingerprint density at radius 3 is 2.77 bits per heavy atom. The Morgan fingerprint density at radius 2 is 1.95 bits per heavy atom. The van der Waals surface area contributed by atoms with E-state index in [0.29, 0.717) is 29.8 Å². The largest absolute Gasteiger partial charge is 0.375 e. The number of hydrogen-bond acceptors (Lipinski definition) is 8. The quantitative estimate of drug-likeness (QED) is 0.346. The number of aryl methyl sites for hydroxylation is 2. The van der Waals surface area contributed by atoms with Crippen LogP contribution < -0.4 is 15.8 Å². The molecule has 1 aliphatic heterocycles. The van der Waals surface area contributed by atoms with E-state index in [1.54, 1.807) is 42.3 Å². The molecule has 4 aromatic heterocycles. The van der Waals surface area contributed by atoms with E-state index in [9.17, 15) is 4.79 Å². The normalized spacial score (nSPS) is 13.9. The van der Waals surface area contributed by atoms with Crippen LogP contribution in [0.5, 0.6) is 0 Å². The molecule has 0 fully saturated rings. The van der Waals surface area contributed by atoms with Gasteiger partial charge >= 0.3 is 0 Å². The van der Waals surface area contributed by atoms with Gasteiger partial charge in [0.05, 0.1) is 34.2 Å². The fourth-order valence-corrected chi connectivity index (χ4v) is 5.21. The summed E-state index contributed by atoms with van der Waals surface area (Å²) >= 11 is 6.57. The number of rotatable bonds is 6. The molecule has 0 radical (unpaired) electrons. The number of halogens is 1. The third kappa shape index (κ3) is 4.95. The first kappa shape index (κ1) is 25.0. The van der Waals surface area contributed by atoms with E-state index in [1.807, 2.05) is 30.8 Å². The number of aromatic nitrogens is 7. The van der Waals surface area contributed by atoms with E-state index in [2.05, 4.69) is 42.5 Å². The summed E-state index contributed by atoms with van der Waals surface area (Å²) in [6.07, 6.45) is 8.52. The van der Waals surface area contributed by atoms with Gasteiger partial charge in [-0.25, -0.2) is 19.9 Å². The lowest BCUT2D eigenvalue weighted by molar-refractivity contribution is 0.685. The van der Waals surface area contributed by atoms with Gasteiger partial charge in [0, 0.05) is 81.3 Å². The van der Waals surface area contributed by atoms with Gasteiger partial charge in [0.25, 0.3) is 5.56 Å². The van der Waals surface area contributed by atoms with Gasteiger partial charge in [0.2, 0.25) is 5.95 Å². The van der Waals surface area contributed by atoms with Gasteiger partial charge in [-0.2, -0.15) is 5.10 Å². The summed E-state index contributed by atoms with van der Waals surface area (Å²) in [7, 11) is 3.72. The van der Waals surface area contributed by atoms with Crippen molar-refractivity contribution in [3.05, 3.63) is 98.8 Å². The van der Waals surface area contributed by atoms with Crippen molar-refractivity contribution in [2.24, 2.45) is 14.1 Å². The zero-order chi connectivity index (χ0) is 27.1. The standard InChI is InChI=1S/C28H28ClN9O/c1-17(27-30-8-4-9-31-27)33-23-13-26(39)37(3)25-6-5-18(11-20(23)25)12-24-21(29)14-32-28(34-24)38-10-7-22-19(16-38)15-36(2)35-22/h4-6,8-9,11,13-15,17,33H,7,10,12,16H2,1-3H3. The molecule has 198 valence electrons. The van der Waals surface area contributed by atoms with Crippen molar-refractivity contribution in [1.82, 2.24) is 34.3 Å². The average Bonchev–Trinajstić information content (AvgIpc) is 3.32. The summed E-state index contributed by atoms with van der Waals surface area (Å²) in [5.74, 6) is 1.31. The molecule has 11 heteroatoms. The summed E-state index contributed by atoms with van der Waals surface area (Å²) < 4.78 is 3.50. The molecule has 1 atom stereocenters. The van der Waals surface area contributed by atoms with E-state index in [4.69, 9.17) is 16.6 Å². The molecule has 1 aliphatic rings. The first-order valence-corrected chi connectivity index (χ1v) is 13.2. The van der Waals surface area contributed by atoms with E-state index in [-0.39, 0.29) is 11.6 Å². The smallest absolute Gasteiger partial charge is 0.252 e. The van der Waals surface area contributed by atoms with Gasteiger partial charge in [-0.3, -0.25) is 9.48 Å². The third-order valence-corrected chi connectivity index (χ3v) is 7.40. The molecule has 5 heterocycles. The average molecular weight is 542 g/mol. The molecule has 39 heavy (non-hydrogen) atoms. The van der Waals surface area contributed by atoms with Crippen molar-refractivity contribution in [3.63, 3.8) is 0 Å². The summed E-state index contributed by atoms with van der Waals surface area (Å²) in [5.41, 5.74) is 5.55. The number of benzene rings is 1. The van der Waals surface area contributed by atoms with Gasteiger partial charge in [-0.05, 0) is 30.7 Å². The van der Waals surface area contributed by atoms with Crippen LogP contribution in [0.2, 0.25) is 5.02 Å². The van der Waals surface area contributed by atoms with Crippen LogP contribution in [0.15, 0.2) is 59.9 Å². The fraction of sp³-hybridized carbons (Fsp3) is 0.286. The highest BCUT2D eigenvalue weighted by molar-refractivity contribution is 6.31. The molecule has 0 bridgehead atoms. The van der Waals surface area contributed by atoms with Crippen molar-refractivity contribution in [1.29, 1.82) is 0 Å². The molecule has 0 saturated heterocycles. The van der Waals surface area contributed by atoms with Gasteiger partial charge in [-0.15, -0.1) is 0 Å². The predicted molar refractivity (Wildman–Crippen MR) is 151 cm³/mol. The number of hydrogen-bond donors (Lipinski definition) is 1. The second-order valence-electron chi connectivity index (χ2n) is 9.87. The number of pyridine rings is 1. The van der Waals surface area contributed by atoms with Crippen molar-refractivity contribution < 1.29 is 0 Å². The molecule has 0 saturated carbocycles. The number of nitrogens with one attached hydrogen (secondary N) is 1. The first-order valence-electron chi connectivity index (χ1n) is 12.8. The maximum atomic E-state index is 12.7. The second-order valence-corrected chi connectivity index (χ2v) is 10.3. The molecular weight excluding hydrogens is 514 g/mol. The molecule has 6 rings (SSSR count). The summed E-state index contributed by atoms with van der Waals surface area (Å²) in [4.78, 5) is 32.9. The fourth-order valence-electron chi connectivity index (χ4n) is 5.05. The molecule has 0 amide bonds. The van der Waals surface area contributed by atoms with Crippen LogP contribution >= 0.6 is 11.6 Å². The van der Waals surface area contributed by atoms with Gasteiger partial charge in [-0.1, -0.05) is 17.7 Å². The van der Waals surface area contributed by atoms with Crippen LogP contribution in [0.1, 0.15) is 41.3 Å². The summed E-state index contributed by atoms with van der Waals surface area (Å²) in [6, 6.07) is 9.26. The van der Waals surface area contributed by atoms with Crippen molar-refractivity contribution in [2.45, 2.75) is 32.4 Å². The van der Waals surface area contributed by atoms with E-state index in [0.717, 1.165) is 46.5 Å². The lowest BCUT2D eigenvalue weighted by Gasteiger charge is -2.26. The lowest BCUT2D eigenvalue weighted by atomic mass is 10.0. The minimum atomic E-state index is -0.186. The zero-order valence-electron chi connectivity index (χ0n) is 22.0. The molecular formula is C28H28ClN9O. The molecule has 10 nitrogen and oxygen atoms in total. The van der Waals surface area contributed by atoms with Crippen LogP contribution in [-0.2, 0) is 33.5 Å². The van der Waals surface area contributed by atoms with Crippen LogP contribution in [0, 0.1) is 0 Å².